The number of benzene rings is 2. The summed E-state index contributed by atoms with van der Waals surface area (Å²) in [7, 11) is 0. The van der Waals surface area contributed by atoms with Crippen LogP contribution in [0, 0.1) is 0 Å². The highest BCUT2D eigenvalue weighted by Gasteiger charge is 2.17. The predicted molar refractivity (Wildman–Crippen MR) is 109 cm³/mol. The van der Waals surface area contributed by atoms with Crippen molar-refractivity contribution in [1.82, 2.24) is 4.98 Å². The van der Waals surface area contributed by atoms with Gasteiger partial charge in [-0.3, -0.25) is 14.5 Å². The maximum atomic E-state index is 12.1. The zero-order valence-corrected chi connectivity index (χ0v) is 16.4. The molecule has 3 rings (SSSR count). The summed E-state index contributed by atoms with van der Waals surface area (Å²) >= 11 is 7.33. The average Bonchev–Trinajstić information content (AvgIpc) is 3.00. The number of carbonyl (C=O) groups is 2. The van der Waals surface area contributed by atoms with Gasteiger partial charge in [0.25, 0.3) is 0 Å². The lowest BCUT2D eigenvalue weighted by atomic mass is 10.1. The van der Waals surface area contributed by atoms with Gasteiger partial charge in [-0.1, -0.05) is 29.0 Å². The number of rotatable bonds is 5. The number of hydrogen-bond acceptors (Lipinski definition) is 5. The van der Waals surface area contributed by atoms with Crippen LogP contribution in [0.4, 0.5) is 10.8 Å². The van der Waals surface area contributed by atoms with Crippen LogP contribution < -0.4 is 10.2 Å². The van der Waals surface area contributed by atoms with E-state index < -0.39 is 0 Å². The van der Waals surface area contributed by atoms with E-state index in [1.807, 2.05) is 12.1 Å². The molecule has 140 valence electrons. The van der Waals surface area contributed by atoms with Gasteiger partial charge in [-0.15, -0.1) is 0 Å². The Labute approximate surface area is 165 Å². The number of hydrogen-bond donors (Lipinski definition) is 2. The van der Waals surface area contributed by atoms with Crippen molar-refractivity contribution >= 4 is 55.8 Å². The van der Waals surface area contributed by atoms with Crippen molar-refractivity contribution in [3.05, 3.63) is 47.0 Å². The maximum Gasteiger partial charge on any atom is 0.225 e. The van der Waals surface area contributed by atoms with E-state index in [4.69, 9.17) is 11.6 Å². The summed E-state index contributed by atoms with van der Waals surface area (Å²) in [5, 5.41) is 13.1. The first-order chi connectivity index (χ1) is 12.8. The Balaban J connectivity index is 1.82. The molecule has 0 spiro atoms. The van der Waals surface area contributed by atoms with Crippen molar-refractivity contribution in [3.8, 4) is 5.75 Å². The zero-order chi connectivity index (χ0) is 19.6. The number of carbonyl (C=O) groups excluding carboxylic acids is 2. The molecule has 27 heavy (non-hydrogen) atoms. The molecule has 0 radical (unpaired) electrons. The number of halogens is 1. The molecule has 2 N–H and O–H groups in total. The van der Waals surface area contributed by atoms with Crippen LogP contribution in [0.25, 0.3) is 10.2 Å². The average molecular weight is 404 g/mol. The van der Waals surface area contributed by atoms with E-state index in [0.29, 0.717) is 23.8 Å². The molecule has 0 aliphatic carbocycles. The largest absolute Gasteiger partial charge is 0.506 e. The molecule has 0 unspecified atom stereocenters. The summed E-state index contributed by atoms with van der Waals surface area (Å²) in [5.74, 6) is -0.219. The van der Waals surface area contributed by atoms with E-state index in [2.05, 4.69) is 10.3 Å². The van der Waals surface area contributed by atoms with E-state index in [9.17, 15) is 14.7 Å². The van der Waals surface area contributed by atoms with E-state index in [-0.39, 0.29) is 22.6 Å². The molecular weight excluding hydrogens is 386 g/mol. The molecule has 0 saturated heterocycles. The van der Waals surface area contributed by atoms with Gasteiger partial charge in [0, 0.05) is 26.1 Å². The van der Waals surface area contributed by atoms with Gasteiger partial charge in [0.2, 0.25) is 11.8 Å². The Morgan fingerprint density at radius 3 is 2.67 bits per heavy atom. The first kappa shape index (κ1) is 19.1. The third-order valence-corrected chi connectivity index (χ3v) is 5.29. The number of nitrogens with zero attached hydrogens (tertiary/aromatic N) is 2. The Kier molecular flexibility index (Phi) is 5.62. The summed E-state index contributed by atoms with van der Waals surface area (Å²) < 4.78 is 0.884. The van der Waals surface area contributed by atoms with Crippen molar-refractivity contribution in [2.45, 2.75) is 20.3 Å². The summed E-state index contributed by atoms with van der Waals surface area (Å²) in [6.45, 7) is 3.39. The van der Waals surface area contributed by atoms with Crippen LogP contribution in [0.3, 0.4) is 0 Å². The minimum Gasteiger partial charge on any atom is -0.506 e. The van der Waals surface area contributed by atoms with Gasteiger partial charge in [-0.05, 0) is 42.3 Å². The molecule has 0 bridgehead atoms. The molecular formula is C19H18ClN3O3S. The monoisotopic (exact) mass is 403 g/mol. The number of phenols is 1. The quantitative estimate of drug-likeness (QED) is 0.668. The molecule has 8 heteroatoms. The lowest BCUT2D eigenvalue weighted by Gasteiger charge is -2.17. The van der Waals surface area contributed by atoms with Crippen LogP contribution in [0.2, 0.25) is 5.02 Å². The number of anilines is 2. The lowest BCUT2D eigenvalue weighted by molar-refractivity contribution is -0.116. The highest BCUT2D eigenvalue weighted by Crippen LogP contribution is 2.31. The topological polar surface area (TPSA) is 82.5 Å². The Morgan fingerprint density at radius 1 is 1.22 bits per heavy atom. The van der Waals surface area contributed by atoms with Crippen molar-refractivity contribution in [2.75, 3.05) is 16.8 Å². The Bertz CT molecular complexity index is 1020. The Hall–Kier alpha value is -2.64. The minimum absolute atomic E-state index is 0.0324. The first-order valence-electron chi connectivity index (χ1n) is 8.27. The zero-order valence-electron chi connectivity index (χ0n) is 14.8. The fraction of sp³-hybridized carbons (Fsp3) is 0.211. The molecule has 6 nitrogen and oxygen atoms in total. The highest BCUT2D eigenvalue weighted by molar-refractivity contribution is 7.22. The fourth-order valence-corrected chi connectivity index (χ4v) is 3.92. The molecule has 2 amide bonds. The molecule has 0 fully saturated rings. The molecule has 1 heterocycles. The number of phenolic OH excluding ortho intramolecular Hbond substituents is 1. The van der Waals surface area contributed by atoms with Crippen LogP contribution in [-0.2, 0) is 16.0 Å². The summed E-state index contributed by atoms with van der Waals surface area (Å²) in [5.41, 5.74) is 2.37. The molecule has 0 saturated carbocycles. The van der Waals surface area contributed by atoms with Gasteiger partial charge < -0.3 is 10.4 Å². The van der Waals surface area contributed by atoms with Crippen LogP contribution in [0.5, 0.6) is 5.75 Å². The minimum atomic E-state index is -0.142. The second-order valence-electron chi connectivity index (χ2n) is 6.07. The third kappa shape index (κ3) is 4.56. The van der Waals surface area contributed by atoms with Crippen molar-refractivity contribution in [2.24, 2.45) is 0 Å². The smallest absolute Gasteiger partial charge is 0.225 e. The van der Waals surface area contributed by atoms with Crippen molar-refractivity contribution in [1.29, 1.82) is 0 Å². The van der Waals surface area contributed by atoms with Crippen LogP contribution in [-0.4, -0.2) is 28.4 Å². The number of nitrogens with one attached hydrogen (secondary N) is 1. The van der Waals surface area contributed by atoms with Crippen molar-refractivity contribution < 1.29 is 14.7 Å². The summed E-state index contributed by atoms with van der Waals surface area (Å²) in [6.07, 6.45) is 0.576. The molecule has 3 aromatic rings. The number of amides is 2. The molecule has 0 atom stereocenters. The molecule has 0 aliphatic heterocycles. The van der Waals surface area contributed by atoms with Crippen molar-refractivity contribution in [3.63, 3.8) is 0 Å². The van der Waals surface area contributed by atoms with Crippen LogP contribution in [0.15, 0.2) is 36.4 Å². The summed E-state index contributed by atoms with van der Waals surface area (Å²) in [6, 6.07) is 10.4. The van der Waals surface area contributed by atoms with Crippen LogP contribution in [0.1, 0.15) is 19.4 Å². The second kappa shape index (κ2) is 7.94. The fourth-order valence-electron chi connectivity index (χ4n) is 2.64. The van der Waals surface area contributed by atoms with Gasteiger partial charge in [0.1, 0.15) is 5.75 Å². The predicted octanol–water partition coefficient (Wildman–Crippen LogP) is 4.21. The normalized spacial score (nSPS) is 10.8. The highest BCUT2D eigenvalue weighted by atomic mass is 35.5. The molecule has 1 aromatic heterocycles. The lowest BCUT2D eigenvalue weighted by Crippen LogP contribution is -2.30. The van der Waals surface area contributed by atoms with Gasteiger partial charge in [0.15, 0.2) is 5.13 Å². The maximum absolute atomic E-state index is 12.1. The standard InChI is InChI=1S/C19H18ClN3O3S/c1-11(24)21-14-4-5-16-18(10-14)27-19(22-16)23(12(2)25)8-7-13-3-6-17(26)15(20)9-13/h3-6,9-10,26H,7-8H2,1-2H3,(H,21,24). The number of thiazole rings is 1. The molecule has 0 aliphatic rings. The number of fused-ring (bicyclic) bond motifs is 1. The number of aromatic hydroxyl groups is 1. The van der Waals surface area contributed by atoms with Gasteiger partial charge in [0.05, 0.1) is 15.2 Å². The third-order valence-electron chi connectivity index (χ3n) is 3.94. The number of aromatic nitrogens is 1. The SMILES string of the molecule is CC(=O)Nc1ccc2nc(N(CCc3ccc(O)c(Cl)c3)C(C)=O)sc2c1. The summed E-state index contributed by atoms with van der Waals surface area (Å²) in [4.78, 5) is 29.5. The Morgan fingerprint density at radius 2 is 2.00 bits per heavy atom. The molecule has 2 aromatic carbocycles. The second-order valence-corrected chi connectivity index (χ2v) is 7.48. The van der Waals surface area contributed by atoms with Gasteiger partial charge in [-0.2, -0.15) is 0 Å². The van der Waals surface area contributed by atoms with E-state index >= 15 is 0 Å². The van der Waals surface area contributed by atoms with Gasteiger partial charge in [-0.25, -0.2) is 4.98 Å². The van der Waals surface area contributed by atoms with Gasteiger partial charge >= 0.3 is 0 Å². The van der Waals surface area contributed by atoms with E-state index in [1.165, 1.54) is 31.3 Å². The van der Waals surface area contributed by atoms with Crippen LogP contribution >= 0.6 is 22.9 Å². The van der Waals surface area contributed by atoms with E-state index in [0.717, 1.165) is 15.8 Å². The first-order valence-corrected chi connectivity index (χ1v) is 9.46. The van der Waals surface area contributed by atoms with E-state index in [1.54, 1.807) is 23.1 Å².